The lowest BCUT2D eigenvalue weighted by Gasteiger charge is -2.22. The highest BCUT2D eigenvalue weighted by Crippen LogP contribution is 2.28. The fourth-order valence-electron chi connectivity index (χ4n) is 1.46. The molecule has 0 bridgehead atoms. The minimum Gasteiger partial charge on any atom is -0.486 e. The number of hydrogen-bond acceptors (Lipinski definition) is 2. The van der Waals surface area contributed by atoms with Gasteiger partial charge in [-0.2, -0.15) is 0 Å². The highest BCUT2D eigenvalue weighted by Gasteiger charge is 2.22. The molecule has 21 heavy (non-hydrogen) atoms. The van der Waals surface area contributed by atoms with Crippen molar-refractivity contribution in [2.45, 2.75) is 44.9 Å². The molecule has 0 amide bonds. The molecule has 0 heterocycles. The maximum Gasteiger partial charge on any atom is 0.272 e. The van der Waals surface area contributed by atoms with Crippen LogP contribution in [-0.2, 0) is 11.0 Å². The van der Waals surface area contributed by atoms with Crippen molar-refractivity contribution < 1.29 is 17.7 Å². The van der Waals surface area contributed by atoms with Crippen molar-refractivity contribution in [1.29, 1.82) is 0 Å². The molecule has 0 saturated heterocycles. The zero-order chi connectivity index (χ0) is 16.2. The molecule has 1 aromatic carbocycles. The van der Waals surface area contributed by atoms with Crippen molar-refractivity contribution in [3.8, 4) is 5.75 Å². The van der Waals surface area contributed by atoms with E-state index in [1.165, 1.54) is 6.07 Å². The predicted molar refractivity (Wildman–Crippen MR) is 82.4 cm³/mol. The van der Waals surface area contributed by atoms with E-state index < -0.39 is 24.0 Å². The van der Waals surface area contributed by atoms with Gasteiger partial charge in [-0.1, -0.05) is 17.7 Å². The summed E-state index contributed by atoms with van der Waals surface area (Å²) in [6.45, 7) is 6.78. The predicted octanol–water partition coefficient (Wildman–Crippen LogP) is 4.10. The van der Waals surface area contributed by atoms with Gasteiger partial charge in [0.05, 0.1) is 20.8 Å². The summed E-state index contributed by atoms with van der Waals surface area (Å²) in [5, 5.41) is 0.253. The van der Waals surface area contributed by atoms with E-state index in [1.807, 2.05) is 27.7 Å². The van der Waals surface area contributed by atoms with E-state index in [2.05, 4.69) is 4.72 Å². The van der Waals surface area contributed by atoms with Gasteiger partial charge >= 0.3 is 0 Å². The van der Waals surface area contributed by atoms with Gasteiger partial charge in [0, 0.05) is 6.04 Å². The molecule has 1 rings (SSSR count). The van der Waals surface area contributed by atoms with Gasteiger partial charge < -0.3 is 4.74 Å². The van der Waals surface area contributed by atoms with Crippen molar-refractivity contribution in [2.75, 3.05) is 6.61 Å². The van der Waals surface area contributed by atoms with Gasteiger partial charge in [-0.3, -0.25) is 0 Å². The van der Waals surface area contributed by atoms with Crippen LogP contribution in [0.1, 0.15) is 39.3 Å². The van der Waals surface area contributed by atoms with E-state index in [9.17, 15) is 13.0 Å². The molecule has 0 aliphatic rings. The SMILES string of the molecule is C[C@@H](NS(=O)C(C)(C)C)c1ccc(OCC(F)F)c(Cl)c1. The first-order chi connectivity index (χ1) is 9.61. The Balaban J connectivity index is 2.76. The summed E-state index contributed by atoms with van der Waals surface area (Å²) in [6.07, 6.45) is -2.55. The average molecular weight is 340 g/mol. The third-order valence-corrected chi connectivity index (χ3v) is 4.64. The zero-order valence-electron chi connectivity index (χ0n) is 12.5. The molecule has 0 aliphatic carbocycles. The minimum absolute atomic E-state index is 0.188. The van der Waals surface area contributed by atoms with Crippen LogP contribution >= 0.6 is 11.6 Å². The Morgan fingerprint density at radius 1 is 1.38 bits per heavy atom. The first-order valence-corrected chi connectivity index (χ1v) is 8.02. The molecule has 1 aromatic rings. The maximum absolute atomic E-state index is 12.1. The molecule has 0 spiro atoms. The maximum atomic E-state index is 12.1. The van der Waals surface area contributed by atoms with Crippen LogP contribution in [0.3, 0.4) is 0 Å². The summed E-state index contributed by atoms with van der Waals surface area (Å²) in [5.74, 6) is 0.213. The smallest absolute Gasteiger partial charge is 0.272 e. The van der Waals surface area contributed by atoms with Crippen LogP contribution in [0.15, 0.2) is 18.2 Å². The zero-order valence-corrected chi connectivity index (χ0v) is 14.0. The quantitative estimate of drug-likeness (QED) is 0.847. The molecule has 0 radical (unpaired) electrons. The van der Waals surface area contributed by atoms with Crippen LogP contribution in [-0.4, -0.2) is 22.0 Å². The Hall–Kier alpha value is -0.720. The topological polar surface area (TPSA) is 38.3 Å². The normalized spacial score (nSPS) is 15.0. The highest BCUT2D eigenvalue weighted by molar-refractivity contribution is 7.84. The lowest BCUT2D eigenvalue weighted by molar-refractivity contribution is 0.0819. The Morgan fingerprint density at radius 3 is 2.48 bits per heavy atom. The van der Waals surface area contributed by atoms with Crippen LogP contribution in [0.5, 0.6) is 5.75 Å². The summed E-state index contributed by atoms with van der Waals surface area (Å²) < 4.78 is 43.8. The van der Waals surface area contributed by atoms with Gasteiger partial charge in [0.1, 0.15) is 12.4 Å². The van der Waals surface area contributed by atoms with Gasteiger partial charge in [0.2, 0.25) is 0 Å². The van der Waals surface area contributed by atoms with E-state index in [0.717, 1.165) is 5.56 Å². The molecule has 1 unspecified atom stereocenters. The summed E-state index contributed by atoms with van der Waals surface area (Å²) in [4.78, 5) is 0. The molecule has 0 saturated carbocycles. The van der Waals surface area contributed by atoms with E-state index in [4.69, 9.17) is 16.3 Å². The van der Waals surface area contributed by atoms with Crippen molar-refractivity contribution >= 4 is 22.6 Å². The molecule has 3 nitrogen and oxygen atoms in total. The second-order valence-electron chi connectivity index (χ2n) is 5.61. The van der Waals surface area contributed by atoms with Crippen LogP contribution in [0.25, 0.3) is 0 Å². The first kappa shape index (κ1) is 18.3. The Kier molecular flexibility index (Phi) is 6.56. The number of hydrogen-bond donors (Lipinski definition) is 1. The van der Waals surface area contributed by atoms with Crippen molar-refractivity contribution in [2.24, 2.45) is 0 Å². The lowest BCUT2D eigenvalue weighted by Crippen LogP contribution is -2.34. The van der Waals surface area contributed by atoms with Gasteiger partial charge in [-0.25, -0.2) is 17.7 Å². The van der Waals surface area contributed by atoms with Crippen LogP contribution in [0.4, 0.5) is 8.78 Å². The Morgan fingerprint density at radius 2 is 2.00 bits per heavy atom. The summed E-state index contributed by atoms with van der Waals surface area (Å²) in [6, 6.07) is 4.69. The summed E-state index contributed by atoms with van der Waals surface area (Å²) >= 11 is 6.01. The number of benzene rings is 1. The van der Waals surface area contributed by atoms with E-state index in [-0.39, 0.29) is 21.6 Å². The van der Waals surface area contributed by atoms with Crippen LogP contribution in [0.2, 0.25) is 5.02 Å². The molecule has 7 heteroatoms. The van der Waals surface area contributed by atoms with Gasteiger partial charge in [-0.15, -0.1) is 0 Å². The third kappa shape index (κ3) is 5.88. The number of nitrogens with one attached hydrogen (secondary N) is 1. The summed E-state index contributed by atoms with van der Waals surface area (Å²) in [7, 11) is -1.21. The van der Waals surface area contributed by atoms with Crippen LogP contribution in [0, 0.1) is 0 Å². The monoisotopic (exact) mass is 339 g/mol. The summed E-state index contributed by atoms with van der Waals surface area (Å²) in [5.41, 5.74) is 0.807. The molecule has 1 N–H and O–H groups in total. The minimum atomic E-state index is -2.55. The van der Waals surface area contributed by atoms with Gasteiger partial charge in [0.15, 0.2) is 0 Å². The van der Waals surface area contributed by atoms with E-state index in [0.29, 0.717) is 0 Å². The van der Waals surface area contributed by atoms with Crippen molar-refractivity contribution in [1.82, 2.24) is 4.72 Å². The highest BCUT2D eigenvalue weighted by atomic mass is 35.5. The van der Waals surface area contributed by atoms with E-state index >= 15 is 0 Å². The molecule has 0 aromatic heterocycles. The molecular weight excluding hydrogens is 320 g/mol. The first-order valence-electron chi connectivity index (χ1n) is 6.49. The molecule has 0 fully saturated rings. The Labute approximate surface area is 131 Å². The molecule has 0 aliphatic heterocycles. The molecule has 120 valence electrons. The number of ether oxygens (including phenoxy) is 1. The third-order valence-electron chi connectivity index (χ3n) is 2.66. The van der Waals surface area contributed by atoms with Gasteiger partial charge in [0.25, 0.3) is 6.43 Å². The number of rotatable bonds is 6. The van der Waals surface area contributed by atoms with Crippen molar-refractivity contribution in [3.05, 3.63) is 28.8 Å². The number of alkyl halides is 2. The fraction of sp³-hybridized carbons (Fsp3) is 0.571. The van der Waals surface area contributed by atoms with E-state index in [1.54, 1.807) is 12.1 Å². The lowest BCUT2D eigenvalue weighted by atomic mass is 10.1. The molecular formula is C14H20ClF2NO2S. The number of halogens is 3. The van der Waals surface area contributed by atoms with Crippen molar-refractivity contribution in [3.63, 3.8) is 0 Å². The second-order valence-corrected chi connectivity index (χ2v) is 8.02. The standard InChI is InChI=1S/C14H20ClF2NO2S/c1-9(18-21(19)14(2,3)4)10-5-6-12(11(15)7-10)20-8-13(16)17/h5-7,9,13,18H,8H2,1-4H3/t9-,21?/m1/s1. The fourth-order valence-corrected chi connectivity index (χ4v) is 2.52. The van der Waals surface area contributed by atoms with Crippen LogP contribution < -0.4 is 9.46 Å². The second kappa shape index (κ2) is 7.51. The average Bonchev–Trinajstić information content (AvgIpc) is 2.35. The molecule has 2 atom stereocenters. The van der Waals surface area contributed by atoms with Gasteiger partial charge in [-0.05, 0) is 45.4 Å². The largest absolute Gasteiger partial charge is 0.486 e. The Bertz CT molecular complexity index is 506.